The van der Waals surface area contributed by atoms with Gasteiger partial charge in [-0.2, -0.15) is 15.5 Å². The van der Waals surface area contributed by atoms with Crippen molar-refractivity contribution in [3.05, 3.63) is 47.8 Å². The van der Waals surface area contributed by atoms with Gasteiger partial charge in [0.15, 0.2) is 0 Å². The third-order valence-corrected chi connectivity index (χ3v) is 7.49. The van der Waals surface area contributed by atoms with E-state index in [1.165, 1.54) is 5.56 Å². The molecule has 0 radical (unpaired) electrons. The van der Waals surface area contributed by atoms with Gasteiger partial charge in [0.1, 0.15) is 30.5 Å². The number of nitrogens with zero attached hydrogens (tertiary/aromatic N) is 5. The van der Waals surface area contributed by atoms with Crippen LogP contribution in [0.5, 0.6) is 5.75 Å². The standard InChI is InChI=1S/C25H26BN7O/c1-34-21-11-20-24(30-23(21)19-4-2-3-17-15(12-27)5-6-18(17)19)22(32-31-20)16-13-29-33(14-16)25(26)7-9-28-10-8-25/h2-4,11,13-15,28H,5-10,26H2,1H3,(H,31,32). The highest BCUT2D eigenvalue weighted by atomic mass is 16.5. The van der Waals surface area contributed by atoms with Crippen LogP contribution in [-0.4, -0.2) is 53.0 Å². The molecule has 34 heavy (non-hydrogen) atoms. The zero-order valence-electron chi connectivity index (χ0n) is 19.4. The summed E-state index contributed by atoms with van der Waals surface area (Å²) in [6, 6.07) is 10.5. The second-order valence-electron chi connectivity index (χ2n) is 9.52. The molecule has 4 heterocycles. The number of rotatable bonds is 4. The number of benzene rings is 1. The lowest BCUT2D eigenvalue weighted by atomic mass is 9.71. The number of aromatic nitrogens is 5. The SMILES string of the molecule is BC1(n2cc(-c3n[nH]c4cc(OC)c(-c5cccc6c5CCC6C#N)nc34)cn2)CCNCC1. The van der Waals surface area contributed by atoms with Gasteiger partial charge in [-0.1, -0.05) is 18.2 Å². The molecule has 1 aliphatic heterocycles. The van der Waals surface area contributed by atoms with Crippen LogP contribution in [-0.2, 0) is 11.9 Å². The maximum Gasteiger partial charge on any atom is 0.147 e. The zero-order chi connectivity index (χ0) is 23.3. The van der Waals surface area contributed by atoms with Crippen molar-refractivity contribution in [2.75, 3.05) is 20.2 Å². The highest BCUT2D eigenvalue weighted by Crippen LogP contribution is 2.42. The fourth-order valence-corrected chi connectivity index (χ4v) is 5.42. The van der Waals surface area contributed by atoms with Crippen LogP contribution >= 0.6 is 0 Å². The van der Waals surface area contributed by atoms with Crippen LogP contribution in [0, 0.1) is 11.3 Å². The first-order valence-electron chi connectivity index (χ1n) is 11.8. The number of fused-ring (bicyclic) bond motifs is 2. The summed E-state index contributed by atoms with van der Waals surface area (Å²) in [6.45, 7) is 1.99. The van der Waals surface area contributed by atoms with Gasteiger partial charge in [0.05, 0.1) is 30.8 Å². The molecular weight excluding hydrogens is 425 g/mol. The Morgan fingerprint density at radius 2 is 2.12 bits per heavy atom. The molecule has 4 aromatic rings. The van der Waals surface area contributed by atoms with Crippen LogP contribution in [0.3, 0.4) is 0 Å². The fourth-order valence-electron chi connectivity index (χ4n) is 5.42. The molecule has 9 heteroatoms. The van der Waals surface area contributed by atoms with Gasteiger partial charge in [0.25, 0.3) is 0 Å². The summed E-state index contributed by atoms with van der Waals surface area (Å²) < 4.78 is 7.82. The Balaban J connectivity index is 1.46. The number of piperidine rings is 1. The largest absolute Gasteiger partial charge is 0.494 e. The molecule has 2 aliphatic rings. The van der Waals surface area contributed by atoms with Gasteiger partial charge in [-0.15, -0.1) is 0 Å². The maximum absolute atomic E-state index is 9.55. The maximum atomic E-state index is 9.55. The Morgan fingerprint density at radius 1 is 1.26 bits per heavy atom. The van der Waals surface area contributed by atoms with Crippen LogP contribution in [0.4, 0.5) is 0 Å². The average molecular weight is 451 g/mol. The van der Waals surface area contributed by atoms with Crippen molar-refractivity contribution in [1.29, 1.82) is 5.26 Å². The monoisotopic (exact) mass is 451 g/mol. The second kappa shape index (κ2) is 7.99. The van der Waals surface area contributed by atoms with E-state index in [-0.39, 0.29) is 11.4 Å². The second-order valence-corrected chi connectivity index (χ2v) is 9.52. The molecule has 170 valence electrons. The van der Waals surface area contributed by atoms with Gasteiger partial charge in [-0.05, 0) is 49.9 Å². The van der Waals surface area contributed by atoms with E-state index in [1.807, 2.05) is 18.3 Å². The number of nitrogens with one attached hydrogen (secondary N) is 2. The molecule has 1 fully saturated rings. The molecule has 1 aliphatic carbocycles. The Hall–Kier alpha value is -3.64. The molecule has 6 rings (SSSR count). The Morgan fingerprint density at radius 3 is 2.91 bits per heavy atom. The first-order valence-corrected chi connectivity index (χ1v) is 11.8. The van der Waals surface area contributed by atoms with E-state index in [0.717, 1.165) is 77.9 Å². The lowest BCUT2D eigenvalue weighted by molar-refractivity contribution is 0.291. The smallest absolute Gasteiger partial charge is 0.147 e. The van der Waals surface area contributed by atoms with E-state index in [4.69, 9.17) is 14.8 Å². The minimum atomic E-state index is -0.0589. The molecule has 1 aromatic carbocycles. The molecule has 0 amide bonds. The molecule has 2 N–H and O–H groups in total. The van der Waals surface area contributed by atoms with Crippen molar-refractivity contribution in [3.8, 4) is 34.3 Å². The van der Waals surface area contributed by atoms with Gasteiger partial charge in [-0.25, -0.2) is 4.98 Å². The number of hydrogen-bond acceptors (Lipinski definition) is 6. The van der Waals surface area contributed by atoms with Crippen LogP contribution in [0.25, 0.3) is 33.5 Å². The average Bonchev–Trinajstić information content (AvgIpc) is 3.61. The molecule has 8 nitrogen and oxygen atoms in total. The topological polar surface area (TPSA) is 104 Å². The number of ether oxygens (including phenoxy) is 1. The van der Waals surface area contributed by atoms with Crippen LogP contribution in [0.15, 0.2) is 36.7 Å². The zero-order valence-corrected chi connectivity index (χ0v) is 19.4. The number of pyridine rings is 1. The predicted molar refractivity (Wildman–Crippen MR) is 132 cm³/mol. The van der Waals surface area contributed by atoms with Gasteiger partial charge in [0.2, 0.25) is 0 Å². The summed E-state index contributed by atoms with van der Waals surface area (Å²) in [5.74, 6) is 0.630. The summed E-state index contributed by atoms with van der Waals surface area (Å²) in [6.07, 6.45) is 7.76. The first-order chi connectivity index (χ1) is 16.6. The van der Waals surface area contributed by atoms with E-state index in [2.05, 4.69) is 52.4 Å². The van der Waals surface area contributed by atoms with E-state index in [0.29, 0.717) is 5.75 Å². The highest BCUT2D eigenvalue weighted by molar-refractivity contribution is 6.13. The van der Waals surface area contributed by atoms with E-state index >= 15 is 0 Å². The Kier molecular flexibility index (Phi) is 4.92. The summed E-state index contributed by atoms with van der Waals surface area (Å²) in [5.41, 5.74) is 7.44. The molecule has 1 unspecified atom stereocenters. The van der Waals surface area contributed by atoms with Gasteiger partial charge < -0.3 is 10.1 Å². The molecule has 1 saturated heterocycles. The third kappa shape index (κ3) is 3.21. The Bertz CT molecular complexity index is 1430. The number of methoxy groups -OCH3 is 1. The van der Waals surface area contributed by atoms with Crippen LogP contribution < -0.4 is 10.1 Å². The minimum Gasteiger partial charge on any atom is -0.494 e. The van der Waals surface area contributed by atoms with Gasteiger partial charge >= 0.3 is 0 Å². The summed E-state index contributed by atoms with van der Waals surface area (Å²) in [5, 5.41) is 25.4. The Labute approximate surface area is 198 Å². The van der Waals surface area contributed by atoms with Crippen molar-refractivity contribution in [2.45, 2.75) is 37.0 Å². The summed E-state index contributed by atoms with van der Waals surface area (Å²) >= 11 is 0. The van der Waals surface area contributed by atoms with E-state index < -0.39 is 0 Å². The van der Waals surface area contributed by atoms with Gasteiger partial charge in [-0.3, -0.25) is 9.78 Å². The van der Waals surface area contributed by atoms with Crippen molar-refractivity contribution in [1.82, 2.24) is 30.3 Å². The quantitative estimate of drug-likeness (QED) is 0.463. The molecule has 1 atom stereocenters. The molecule has 0 spiro atoms. The number of nitriles is 1. The number of hydrogen-bond donors (Lipinski definition) is 2. The third-order valence-electron chi connectivity index (χ3n) is 7.49. The fraction of sp³-hybridized carbons (Fsp3) is 0.360. The van der Waals surface area contributed by atoms with Crippen molar-refractivity contribution in [3.63, 3.8) is 0 Å². The van der Waals surface area contributed by atoms with Crippen molar-refractivity contribution >= 4 is 18.9 Å². The lowest BCUT2D eigenvalue weighted by Crippen LogP contribution is -2.44. The van der Waals surface area contributed by atoms with Crippen molar-refractivity contribution in [2.24, 2.45) is 0 Å². The van der Waals surface area contributed by atoms with E-state index in [1.54, 1.807) is 7.11 Å². The van der Waals surface area contributed by atoms with Gasteiger partial charge in [0, 0.05) is 28.8 Å². The minimum absolute atomic E-state index is 0.000699. The molecule has 0 bridgehead atoms. The normalized spacial score (nSPS) is 19.1. The van der Waals surface area contributed by atoms with Crippen molar-refractivity contribution < 1.29 is 4.74 Å². The first kappa shape index (κ1) is 20.9. The predicted octanol–water partition coefficient (Wildman–Crippen LogP) is 2.72. The van der Waals surface area contributed by atoms with Crippen LogP contribution in [0.2, 0.25) is 0 Å². The summed E-state index contributed by atoms with van der Waals surface area (Å²) in [4.78, 5) is 5.07. The van der Waals surface area contributed by atoms with E-state index in [9.17, 15) is 5.26 Å². The van der Waals surface area contributed by atoms with Crippen LogP contribution in [0.1, 0.15) is 36.3 Å². The molecule has 3 aromatic heterocycles. The molecule has 0 saturated carbocycles. The number of H-pyrrole nitrogens is 1. The summed E-state index contributed by atoms with van der Waals surface area (Å²) in [7, 11) is 3.92. The number of aromatic amines is 1. The lowest BCUT2D eigenvalue weighted by Gasteiger charge is -2.34. The highest BCUT2D eigenvalue weighted by Gasteiger charge is 2.30. The molecular formula is C25H26BN7O.